The maximum Gasteiger partial charge on any atom is 0.309 e. The first-order valence-electron chi connectivity index (χ1n) is 8.17. The quantitative estimate of drug-likeness (QED) is 0.305. The van der Waals surface area contributed by atoms with E-state index in [9.17, 15) is 28.1 Å². The van der Waals surface area contributed by atoms with Crippen molar-refractivity contribution < 1.29 is 27.7 Å². The summed E-state index contributed by atoms with van der Waals surface area (Å²) in [5.74, 6) is -1.61. The Balaban J connectivity index is 2.79. The first-order chi connectivity index (χ1) is 12.9. The zero-order valence-electron chi connectivity index (χ0n) is 16.0. The molecule has 2 rings (SSSR count). The molecule has 28 heavy (non-hydrogen) atoms. The van der Waals surface area contributed by atoms with Crippen LogP contribution in [-0.4, -0.2) is 41.1 Å². The van der Waals surface area contributed by atoms with Gasteiger partial charge in [0.2, 0.25) is 11.7 Å². The number of hydrogen-bond donors (Lipinski definition) is 0. The molecule has 0 aliphatic carbocycles. The van der Waals surface area contributed by atoms with Crippen LogP contribution in [0.2, 0.25) is 0 Å². The van der Waals surface area contributed by atoms with E-state index < -0.39 is 32.2 Å². The van der Waals surface area contributed by atoms with Crippen LogP contribution in [0.15, 0.2) is 17.2 Å². The third-order valence-electron chi connectivity index (χ3n) is 4.04. The molecule has 150 valence electrons. The Bertz CT molecular complexity index is 1100. The molecule has 0 fully saturated rings. The number of aryl methyl sites for hydroxylation is 2. The van der Waals surface area contributed by atoms with E-state index in [1.165, 1.54) is 18.5 Å². The Morgan fingerprint density at radius 3 is 2.36 bits per heavy atom. The smallest absolute Gasteiger partial charge is 0.309 e. The molecule has 10 nitrogen and oxygen atoms in total. The van der Waals surface area contributed by atoms with Crippen LogP contribution in [0.25, 0.3) is 0 Å². The monoisotopic (exact) mass is 409 g/mol. The predicted octanol–water partition coefficient (Wildman–Crippen LogP) is 1.99. The number of carbonyl (C=O) groups excluding carboxylic acids is 2. The van der Waals surface area contributed by atoms with Gasteiger partial charge in [0, 0.05) is 25.3 Å². The molecule has 1 heterocycles. The van der Waals surface area contributed by atoms with Crippen molar-refractivity contribution in [3.63, 3.8) is 0 Å². The zero-order valence-corrected chi connectivity index (χ0v) is 16.8. The maximum atomic E-state index is 13.1. The van der Waals surface area contributed by atoms with Gasteiger partial charge in [-0.05, 0) is 32.4 Å². The molecule has 0 N–H and O–H groups in total. The van der Waals surface area contributed by atoms with E-state index >= 15 is 0 Å². The van der Waals surface area contributed by atoms with Gasteiger partial charge in [-0.25, -0.2) is 13.1 Å². The van der Waals surface area contributed by atoms with Crippen molar-refractivity contribution in [1.29, 1.82) is 0 Å². The van der Waals surface area contributed by atoms with E-state index in [4.69, 9.17) is 4.74 Å². The summed E-state index contributed by atoms with van der Waals surface area (Å²) in [5, 5.41) is 15.6. The number of rotatable bonds is 6. The Labute approximate surface area is 161 Å². The summed E-state index contributed by atoms with van der Waals surface area (Å²) in [5.41, 5.74) is -0.991. The van der Waals surface area contributed by atoms with Crippen molar-refractivity contribution >= 4 is 27.3 Å². The Kier molecular flexibility index (Phi) is 5.69. The van der Waals surface area contributed by atoms with E-state index in [1.807, 2.05) is 0 Å². The highest BCUT2D eigenvalue weighted by Gasteiger charge is 2.32. The molecule has 0 aliphatic rings. The van der Waals surface area contributed by atoms with Crippen LogP contribution < -0.4 is 4.74 Å². The maximum absolute atomic E-state index is 13.1. The average Bonchev–Trinajstić information content (AvgIpc) is 2.93. The van der Waals surface area contributed by atoms with Gasteiger partial charge in [-0.1, -0.05) is 0 Å². The second kappa shape index (κ2) is 7.50. The molecule has 0 atom stereocenters. The Morgan fingerprint density at radius 2 is 1.89 bits per heavy atom. The number of sulfone groups is 1. The number of esters is 1. The van der Waals surface area contributed by atoms with Crippen molar-refractivity contribution in [3.8, 4) is 5.88 Å². The predicted molar refractivity (Wildman–Crippen MR) is 98.3 cm³/mol. The lowest BCUT2D eigenvalue weighted by atomic mass is 9.98. The highest BCUT2D eigenvalue weighted by atomic mass is 32.2. The zero-order chi connectivity index (χ0) is 21.4. The average molecular weight is 409 g/mol. The molecule has 0 bridgehead atoms. The fourth-order valence-electron chi connectivity index (χ4n) is 3.08. The lowest BCUT2D eigenvalue weighted by Crippen LogP contribution is -2.14. The summed E-state index contributed by atoms with van der Waals surface area (Å²) < 4.78 is 30.4. The van der Waals surface area contributed by atoms with Crippen molar-refractivity contribution in [1.82, 2.24) is 9.78 Å². The van der Waals surface area contributed by atoms with Crippen LogP contribution in [0.4, 0.5) is 5.69 Å². The second-order valence-electron chi connectivity index (χ2n) is 6.17. The minimum atomic E-state index is -3.75. The van der Waals surface area contributed by atoms with Crippen molar-refractivity contribution in [2.24, 2.45) is 0 Å². The fraction of sp³-hybridized carbons (Fsp3) is 0.353. The van der Waals surface area contributed by atoms with Gasteiger partial charge in [-0.15, -0.1) is 0 Å². The molecule has 11 heteroatoms. The van der Waals surface area contributed by atoms with Gasteiger partial charge < -0.3 is 4.74 Å². The van der Waals surface area contributed by atoms with Crippen LogP contribution in [0, 0.1) is 24.0 Å². The number of nitro groups is 1. The number of hydrogen-bond acceptors (Lipinski definition) is 8. The van der Waals surface area contributed by atoms with E-state index in [0.717, 1.165) is 25.4 Å². The second-order valence-corrected chi connectivity index (χ2v) is 8.13. The lowest BCUT2D eigenvalue weighted by molar-refractivity contribution is -0.385. The number of nitrogens with zero attached hydrogens (tertiary/aromatic N) is 3. The Hall–Kier alpha value is -3.08. The summed E-state index contributed by atoms with van der Waals surface area (Å²) in [6.45, 7) is 5.89. The number of ether oxygens (including phenoxy) is 1. The van der Waals surface area contributed by atoms with Crippen LogP contribution in [0.5, 0.6) is 5.88 Å². The molecule has 0 saturated heterocycles. The number of nitro benzene ring substituents is 1. The van der Waals surface area contributed by atoms with E-state index in [0.29, 0.717) is 6.54 Å². The highest BCUT2D eigenvalue weighted by Crippen LogP contribution is 2.35. The largest absolute Gasteiger partial charge is 0.407 e. The molecule has 0 unspecified atom stereocenters. The van der Waals surface area contributed by atoms with Crippen LogP contribution in [0.1, 0.15) is 40.9 Å². The van der Waals surface area contributed by atoms with Gasteiger partial charge in [0.05, 0.1) is 16.0 Å². The van der Waals surface area contributed by atoms with Crippen molar-refractivity contribution in [2.75, 3.05) is 6.26 Å². The number of carbonyl (C=O) groups is 2. The molecule has 2 aromatic rings. The Morgan fingerprint density at radius 1 is 1.29 bits per heavy atom. The first-order valence-corrected chi connectivity index (χ1v) is 10.1. The summed E-state index contributed by atoms with van der Waals surface area (Å²) >= 11 is 0. The standard InChI is InChI=1S/C17H19N3O7S/c1-6-19-17(27-11(4)21)13(8-18-19)15(22)12-7-9(2)16(28(5,25)26)10(3)14(12)20(23)24/h7-8H,6H2,1-5H3. The van der Waals surface area contributed by atoms with Crippen molar-refractivity contribution in [2.45, 2.75) is 39.1 Å². The van der Waals surface area contributed by atoms with Crippen LogP contribution >= 0.6 is 0 Å². The molecule has 0 aliphatic heterocycles. The molecule has 0 amide bonds. The lowest BCUT2D eigenvalue weighted by Gasteiger charge is -2.12. The highest BCUT2D eigenvalue weighted by molar-refractivity contribution is 7.90. The number of aromatic nitrogens is 2. The van der Waals surface area contributed by atoms with Gasteiger partial charge in [0.15, 0.2) is 9.84 Å². The molecule has 1 aromatic carbocycles. The summed E-state index contributed by atoms with van der Waals surface area (Å²) in [6, 6.07) is 1.16. The summed E-state index contributed by atoms with van der Waals surface area (Å²) in [7, 11) is -3.75. The third kappa shape index (κ3) is 3.79. The van der Waals surface area contributed by atoms with Crippen LogP contribution in [-0.2, 0) is 21.2 Å². The minimum Gasteiger partial charge on any atom is -0.407 e. The van der Waals surface area contributed by atoms with Crippen LogP contribution in [0.3, 0.4) is 0 Å². The number of benzene rings is 1. The van der Waals surface area contributed by atoms with E-state index in [1.54, 1.807) is 6.92 Å². The summed E-state index contributed by atoms with van der Waals surface area (Å²) in [6.07, 6.45) is 2.10. The SMILES string of the molecule is CCn1ncc(C(=O)c2cc(C)c(S(C)(=O)=O)c(C)c2[N+](=O)[O-])c1OC(C)=O. The van der Waals surface area contributed by atoms with Gasteiger partial charge in [0.25, 0.3) is 5.69 Å². The van der Waals surface area contributed by atoms with Gasteiger partial charge in [-0.2, -0.15) is 5.10 Å². The molecule has 0 spiro atoms. The number of ketones is 1. The molecule has 0 radical (unpaired) electrons. The molecular weight excluding hydrogens is 390 g/mol. The third-order valence-corrected chi connectivity index (χ3v) is 5.41. The normalized spacial score (nSPS) is 11.3. The van der Waals surface area contributed by atoms with Gasteiger partial charge in [-0.3, -0.25) is 19.7 Å². The van der Waals surface area contributed by atoms with E-state index in [-0.39, 0.29) is 33.0 Å². The molecule has 1 aromatic heterocycles. The minimum absolute atomic E-state index is 0.128. The van der Waals surface area contributed by atoms with Crippen molar-refractivity contribution in [3.05, 3.63) is 44.6 Å². The van der Waals surface area contributed by atoms with Gasteiger partial charge >= 0.3 is 5.97 Å². The molecular formula is C17H19N3O7S. The summed E-state index contributed by atoms with van der Waals surface area (Å²) in [4.78, 5) is 35.1. The molecule has 0 saturated carbocycles. The van der Waals surface area contributed by atoms with E-state index in [2.05, 4.69) is 5.10 Å². The topological polar surface area (TPSA) is 138 Å². The fourth-order valence-corrected chi connectivity index (χ4v) is 4.38. The van der Waals surface area contributed by atoms with Gasteiger partial charge in [0.1, 0.15) is 11.1 Å². The first kappa shape index (κ1) is 21.2.